The van der Waals surface area contributed by atoms with Crippen molar-refractivity contribution in [3.8, 4) is 11.6 Å². The van der Waals surface area contributed by atoms with Crippen LogP contribution in [0.25, 0.3) is 10.8 Å². The second-order valence-corrected chi connectivity index (χ2v) is 9.07. The lowest BCUT2D eigenvalue weighted by Gasteiger charge is -2.44. The second kappa shape index (κ2) is 8.44. The van der Waals surface area contributed by atoms with E-state index >= 15 is 0 Å². The Morgan fingerprint density at radius 3 is 2.57 bits per heavy atom. The van der Waals surface area contributed by atoms with Crippen molar-refractivity contribution in [2.24, 2.45) is 17.6 Å². The third-order valence-electron chi connectivity index (χ3n) is 6.55. The number of hydrogen-bond donors (Lipinski definition) is 1. The molecule has 2 aliphatic carbocycles. The molecule has 2 bridgehead atoms. The largest absolute Gasteiger partial charge is 0.488 e. The molecule has 2 aromatic carbocycles. The first-order valence-electron chi connectivity index (χ1n) is 10.8. The summed E-state index contributed by atoms with van der Waals surface area (Å²) in [5.74, 6) is 2.40. The van der Waals surface area contributed by atoms with E-state index < -0.39 is 0 Å². The Bertz CT molecular complexity index is 1010. The topological polar surface area (TPSA) is 57.4 Å². The fourth-order valence-corrected chi connectivity index (χ4v) is 5.36. The third kappa shape index (κ3) is 3.99. The van der Waals surface area contributed by atoms with Crippen LogP contribution in [-0.4, -0.2) is 17.1 Å². The van der Waals surface area contributed by atoms with Gasteiger partial charge >= 0.3 is 0 Å². The lowest BCUT2D eigenvalue weighted by Crippen LogP contribution is -2.48. The van der Waals surface area contributed by atoms with Gasteiger partial charge in [0.25, 0.3) is 0 Å². The molecule has 4 nitrogen and oxygen atoms in total. The number of benzene rings is 2. The van der Waals surface area contributed by atoms with Crippen LogP contribution in [0.1, 0.15) is 37.7 Å². The third-order valence-corrected chi connectivity index (χ3v) is 6.85. The van der Waals surface area contributed by atoms with E-state index in [4.69, 9.17) is 26.8 Å². The van der Waals surface area contributed by atoms with Crippen LogP contribution in [0.2, 0.25) is 5.02 Å². The van der Waals surface area contributed by atoms with Gasteiger partial charge < -0.3 is 15.2 Å². The van der Waals surface area contributed by atoms with Gasteiger partial charge in [0.1, 0.15) is 18.5 Å². The maximum atomic E-state index is 6.66. The minimum Gasteiger partial charge on any atom is -0.488 e. The first kappa shape index (κ1) is 19.7. The summed E-state index contributed by atoms with van der Waals surface area (Å²) >= 11 is 6.66. The molecule has 5 rings (SSSR count). The summed E-state index contributed by atoms with van der Waals surface area (Å²) in [5.41, 5.74) is 7.37. The van der Waals surface area contributed by atoms with Gasteiger partial charge in [-0.2, -0.15) is 0 Å². The highest BCUT2D eigenvalue weighted by Gasteiger charge is 2.41. The van der Waals surface area contributed by atoms with E-state index in [9.17, 15) is 0 Å². The van der Waals surface area contributed by atoms with Gasteiger partial charge in [0.2, 0.25) is 5.88 Å². The number of aromatic nitrogens is 1. The average molecular weight is 423 g/mol. The number of nitrogens with two attached hydrogens (primary N) is 1. The Morgan fingerprint density at radius 2 is 1.80 bits per heavy atom. The molecule has 1 heterocycles. The molecule has 0 saturated heterocycles. The molecule has 3 aromatic rings. The molecule has 2 saturated carbocycles. The minimum absolute atomic E-state index is 0.212. The van der Waals surface area contributed by atoms with E-state index in [2.05, 4.69) is 4.98 Å². The molecule has 0 radical (unpaired) electrons. The van der Waals surface area contributed by atoms with E-state index in [1.807, 2.05) is 48.5 Å². The van der Waals surface area contributed by atoms with E-state index in [-0.39, 0.29) is 6.10 Å². The summed E-state index contributed by atoms with van der Waals surface area (Å²) in [6, 6.07) is 16.3. The Balaban J connectivity index is 1.39. The highest BCUT2D eigenvalue weighted by atomic mass is 35.5. The molecular weight excluding hydrogens is 396 g/mol. The Kier molecular flexibility index (Phi) is 5.53. The molecule has 4 atom stereocenters. The highest BCUT2D eigenvalue weighted by molar-refractivity contribution is 6.33. The summed E-state index contributed by atoms with van der Waals surface area (Å²) < 4.78 is 12.5. The van der Waals surface area contributed by atoms with Gasteiger partial charge in [0.15, 0.2) is 0 Å². The zero-order chi connectivity index (χ0) is 20.5. The monoisotopic (exact) mass is 422 g/mol. The van der Waals surface area contributed by atoms with Gasteiger partial charge in [-0.3, -0.25) is 0 Å². The van der Waals surface area contributed by atoms with Gasteiger partial charge in [0.05, 0.1) is 5.02 Å². The number of rotatable bonds is 5. The molecule has 30 heavy (non-hydrogen) atoms. The number of halogens is 1. The Hall–Kier alpha value is -2.30. The van der Waals surface area contributed by atoms with Crippen LogP contribution in [0.3, 0.4) is 0 Å². The van der Waals surface area contributed by atoms with Crippen LogP contribution in [0.15, 0.2) is 54.7 Å². The van der Waals surface area contributed by atoms with Crippen molar-refractivity contribution >= 4 is 22.4 Å². The summed E-state index contributed by atoms with van der Waals surface area (Å²) in [7, 11) is 0. The molecule has 2 fully saturated rings. The highest BCUT2D eigenvalue weighted by Crippen LogP contribution is 2.43. The zero-order valence-corrected chi connectivity index (χ0v) is 17.7. The molecule has 2 N–H and O–H groups in total. The van der Waals surface area contributed by atoms with Crippen molar-refractivity contribution in [3.63, 3.8) is 0 Å². The quantitative estimate of drug-likeness (QED) is 0.568. The number of pyridine rings is 1. The van der Waals surface area contributed by atoms with Gasteiger partial charge in [-0.05, 0) is 66.7 Å². The molecule has 156 valence electrons. The van der Waals surface area contributed by atoms with Crippen molar-refractivity contribution in [3.05, 3.63) is 65.3 Å². The van der Waals surface area contributed by atoms with Gasteiger partial charge in [0, 0.05) is 17.6 Å². The molecule has 1 unspecified atom stereocenters. The summed E-state index contributed by atoms with van der Waals surface area (Å²) in [4.78, 5) is 4.43. The van der Waals surface area contributed by atoms with Crippen LogP contribution in [0.4, 0.5) is 0 Å². The molecule has 1 aromatic heterocycles. The summed E-state index contributed by atoms with van der Waals surface area (Å²) in [6.07, 6.45) is 7.75. The van der Waals surface area contributed by atoms with Gasteiger partial charge in [-0.25, -0.2) is 4.98 Å². The number of hydrogen-bond acceptors (Lipinski definition) is 4. The maximum Gasteiger partial charge on any atom is 0.221 e. The minimum atomic E-state index is 0.212. The predicted octanol–water partition coefficient (Wildman–Crippen LogP) is 5.75. The van der Waals surface area contributed by atoms with Crippen LogP contribution in [-0.2, 0) is 6.61 Å². The second-order valence-electron chi connectivity index (χ2n) is 8.66. The zero-order valence-electron chi connectivity index (χ0n) is 17.0. The van der Waals surface area contributed by atoms with Crippen molar-refractivity contribution in [2.45, 2.75) is 50.9 Å². The Morgan fingerprint density at radius 1 is 1.03 bits per heavy atom. The number of ether oxygens (including phenoxy) is 2. The van der Waals surface area contributed by atoms with Crippen LogP contribution >= 0.6 is 11.6 Å². The molecule has 0 amide bonds. The predicted molar refractivity (Wildman–Crippen MR) is 120 cm³/mol. The lowest BCUT2D eigenvalue weighted by atomic mass is 9.68. The fraction of sp³-hybridized carbons (Fsp3) is 0.400. The lowest BCUT2D eigenvalue weighted by molar-refractivity contribution is -0.00168. The van der Waals surface area contributed by atoms with Gasteiger partial charge in [-0.15, -0.1) is 0 Å². The van der Waals surface area contributed by atoms with Crippen molar-refractivity contribution in [2.75, 3.05) is 0 Å². The Labute approximate surface area is 182 Å². The molecule has 5 heteroatoms. The first-order chi connectivity index (χ1) is 14.7. The molecule has 2 aliphatic rings. The van der Waals surface area contributed by atoms with E-state index in [0.29, 0.717) is 35.4 Å². The van der Waals surface area contributed by atoms with Crippen molar-refractivity contribution in [1.29, 1.82) is 0 Å². The fourth-order valence-electron chi connectivity index (χ4n) is 5.15. The molecule has 0 spiro atoms. The van der Waals surface area contributed by atoms with Crippen LogP contribution < -0.4 is 15.2 Å². The number of nitrogens with zero attached hydrogens (tertiary/aromatic N) is 1. The standard InChI is InChI=1S/C25H27ClN2O2/c26-22-14-21-17(9-10-28-25(21)29-15-16-5-2-1-3-6-16)13-23(22)30-24-18-7-4-8-19(24)12-20(27)11-18/h1-3,5-6,9-10,13-14,18-20,24H,4,7-8,11-12,15,27H2/t18-,19+,20+,24?. The summed E-state index contributed by atoms with van der Waals surface area (Å²) in [6.45, 7) is 0.467. The smallest absolute Gasteiger partial charge is 0.221 e. The SMILES string of the molecule is N[C@H]1C[C@H]2CCC[C@@H](C1)C2Oc1cc2ccnc(OCc3ccccc3)c2cc1Cl. The molecule has 0 aliphatic heterocycles. The van der Waals surface area contributed by atoms with Crippen LogP contribution in [0, 0.1) is 11.8 Å². The van der Waals surface area contributed by atoms with Crippen LogP contribution in [0.5, 0.6) is 11.6 Å². The number of fused-ring (bicyclic) bond motifs is 3. The van der Waals surface area contributed by atoms with E-state index in [1.165, 1.54) is 19.3 Å². The van der Waals surface area contributed by atoms with Crippen molar-refractivity contribution < 1.29 is 9.47 Å². The van der Waals surface area contributed by atoms with E-state index in [0.717, 1.165) is 34.9 Å². The normalized spacial score (nSPS) is 25.8. The van der Waals surface area contributed by atoms with Gasteiger partial charge in [-0.1, -0.05) is 48.4 Å². The average Bonchev–Trinajstić information content (AvgIpc) is 2.74. The maximum absolute atomic E-state index is 6.66. The summed E-state index contributed by atoms with van der Waals surface area (Å²) in [5, 5.41) is 2.52. The molecular formula is C25H27ClN2O2. The van der Waals surface area contributed by atoms with Crippen molar-refractivity contribution in [1.82, 2.24) is 4.98 Å². The first-order valence-corrected chi connectivity index (χ1v) is 11.2. The van der Waals surface area contributed by atoms with E-state index in [1.54, 1.807) is 6.20 Å².